The van der Waals surface area contributed by atoms with E-state index in [9.17, 15) is 4.39 Å². The van der Waals surface area contributed by atoms with Gasteiger partial charge in [-0.15, -0.1) is 0 Å². The molecule has 7 heteroatoms. The Bertz CT molecular complexity index is 1040. The van der Waals surface area contributed by atoms with Crippen LogP contribution in [0.3, 0.4) is 0 Å². The van der Waals surface area contributed by atoms with Gasteiger partial charge in [0.15, 0.2) is 0 Å². The number of alkyl halides is 1. The fraction of sp³-hybridized carbons (Fsp3) is 0.167. The van der Waals surface area contributed by atoms with E-state index < -0.39 is 6.67 Å². The Morgan fingerprint density at radius 1 is 1.00 bits per heavy atom. The Balaban J connectivity index is 1.68. The molecule has 0 saturated carbocycles. The maximum Gasteiger partial charge on any atom is 0.143 e. The molecule has 4 aromatic rings. The fourth-order valence-corrected chi connectivity index (χ4v) is 2.89. The van der Waals surface area contributed by atoms with Gasteiger partial charge in [0.25, 0.3) is 0 Å². The number of nitrogens with one attached hydrogen (secondary N) is 2. The maximum atomic E-state index is 12.3. The number of rotatable bonds is 5. The SMILES string of the molecule is Cn1c2ccncc2c2ccc(Nc3cccc(NCCF)n3)nc21. The quantitative estimate of drug-likeness (QED) is 0.582. The molecule has 25 heavy (non-hydrogen) atoms. The van der Waals surface area contributed by atoms with Crippen LogP contribution in [0, 0.1) is 0 Å². The van der Waals surface area contributed by atoms with Gasteiger partial charge in [-0.2, -0.15) is 0 Å². The molecule has 0 aliphatic carbocycles. The zero-order chi connectivity index (χ0) is 17.2. The van der Waals surface area contributed by atoms with Crippen molar-refractivity contribution in [2.45, 2.75) is 0 Å². The summed E-state index contributed by atoms with van der Waals surface area (Å²) in [6.45, 7) is -0.196. The van der Waals surface area contributed by atoms with Crippen LogP contribution < -0.4 is 10.6 Å². The van der Waals surface area contributed by atoms with Crippen LogP contribution in [0.5, 0.6) is 0 Å². The lowest BCUT2D eigenvalue weighted by molar-refractivity contribution is 0.512. The topological polar surface area (TPSA) is 67.7 Å². The highest BCUT2D eigenvalue weighted by Crippen LogP contribution is 2.27. The first-order valence-electron chi connectivity index (χ1n) is 7.99. The van der Waals surface area contributed by atoms with E-state index in [1.54, 1.807) is 12.3 Å². The molecule has 2 N–H and O–H groups in total. The van der Waals surface area contributed by atoms with E-state index in [-0.39, 0.29) is 6.54 Å². The molecule has 0 radical (unpaired) electrons. The van der Waals surface area contributed by atoms with E-state index in [0.29, 0.717) is 17.5 Å². The molecular weight excluding hydrogens is 319 g/mol. The lowest BCUT2D eigenvalue weighted by Crippen LogP contribution is -2.05. The molecule has 0 aliphatic rings. The van der Waals surface area contributed by atoms with Gasteiger partial charge in [-0.25, -0.2) is 14.4 Å². The van der Waals surface area contributed by atoms with Crippen LogP contribution in [0.2, 0.25) is 0 Å². The molecule has 6 nitrogen and oxygen atoms in total. The number of pyridine rings is 3. The Kier molecular flexibility index (Phi) is 3.89. The Morgan fingerprint density at radius 3 is 2.72 bits per heavy atom. The van der Waals surface area contributed by atoms with Crippen molar-refractivity contribution in [1.82, 2.24) is 19.5 Å². The van der Waals surface area contributed by atoms with Crippen LogP contribution in [-0.4, -0.2) is 32.7 Å². The highest BCUT2D eigenvalue weighted by atomic mass is 19.1. The minimum atomic E-state index is -0.437. The summed E-state index contributed by atoms with van der Waals surface area (Å²) in [4.78, 5) is 13.3. The standard InChI is InChI=1S/C18H17FN6/c1-25-14-7-9-20-11-13(14)12-5-6-17(24-18(12)25)23-16-4-2-3-15(22-16)21-10-8-19/h2-7,9,11H,8,10H2,1H3,(H2,21,22,23,24). The van der Waals surface area contributed by atoms with Gasteiger partial charge >= 0.3 is 0 Å². The number of aromatic nitrogens is 4. The highest BCUT2D eigenvalue weighted by Gasteiger charge is 2.10. The van der Waals surface area contributed by atoms with Gasteiger partial charge in [-0.3, -0.25) is 4.98 Å². The minimum Gasteiger partial charge on any atom is -0.367 e. The van der Waals surface area contributed by atoms with Gasteiger partial charge in [-0.05, 0) is 30.3 Å². The van der Waals surface area contributed by atoms with Gasteiger partial charge in [0.2, 0.25) is 0 Å². The molecule has 4 aromatic heterocycles. The van der Waals surface area contributed by atoms with E-state index in [1.807, 2.05) is 48.1 Å². The number of hydrogen-bond donors (Lipinski definition) is 2. The summed E-state index contributed by atoms with van der Waals surface area (Å²) in [5.41, 5.74) is 1.96. The Hall–Kier alpha value is -3.22. The normalized spacial score (nSPS) is 11.1. The average molecular weight is 336 g/mol. The molecule has 0 unspecified atom stereocenters. The van der Waals surface area contributed by atoms with E-state index in [1.165, 1.54) is 0 Å². The third-order valence-corrected chi connectivity index (χ3v) is 4.05. The van der Waals surface area contributed by atoms with Gasteiger partial charge < -0.3 is 15.2 Å². The number of hydrogen-bond acceptors (Lipinski definition) is 5. The van der Waals surface area contributed by atoms with Crippen LogP contribution >= 0.6 is 0 Å². The number of aryl methyl sites for hydroxylation is 1. The van der Waals surface area contributed by atoms with Gasteiger partial charge in [0.05, 0.1) is 5.52 Å². The van der Waals surface area contributed by atoms with Gasteiger partial charge in [0.1, 0.15) is 29.8 Å². The van der Waals surface area contributed by atoms with Crippen LogP contribution in [0.1, 0.15) is 0 Å². The second-order valence-electron chi connectivity index (χ2n) is 5.67. The summed E-state index contributed by atoms with van der Waals surface area (Å²) in [5, 5.41) is 8.26. The lowest BCUT2D eigenvalue weighted by atomic mass is 10.2. The summed E-state index contributed by atoms with van der Waals surface area (Å²) in [5.74, 6) is 1.97. The summed E-state index contributed by atoms with van der Waals surface area (Å²) < 4.78 is 14.3. The smallest absolute Gasteiger partial charge is 0.143 e. The van der Waals surface area contributed by atoms with Crippen molar-refractivity contribution < 1.29 is 4.39 Å². The molecule has 0 atom stereocenters. The van der Waals surface area contributed by atoms with Crippen molar-refractivity contribution in [3.8, 4) is 0 Å². The molecule has 0 aromatic carbocycles. The van der Waals surface area contributed by atoms with Crippen LogP contribution in [0.25, 0.3) is 21.9 Å². The monoisotopic (exact) mass is 336 g/mol. The molecule has 0 saturated heterocycles. The first-order chi connectivity index (χ1) is 12.3. The van der Waals surface area contributed by atoms with Crippen molar-refractivity contribution in [3.05, 3.63) is 48.8 Å². The van der Waals surface area contributed by atoms with Crippen molar-refractivity contribution in [1.29, 1.82) is 0 Å². The van der Waals surface area contributed by atoms with Crippen LogP contribution in [0.4, 0.5) is 21.8 Å². The second kappa shape index (κ2) is 6.35. The largest absolute Gasteiger partial charge is 0.367 e. The van der Waals surface area contributed by atoms with Crippen molar-refractivity contribution in [2.24, 2.45) is 7.05 Å². The Morgan fingerprint density at radius 2 is 1.84 bits per heavy atom. The predicted molar refractivity (Wildman–Crippen MR) is 98.0 cm³/mol. The molecule has 4 heterocycles. The van der Waals surface area contributed by atoms with Gasteiger partial charge in [0, 0.05) is 36.8 Å². The molecule has 0 aliphatic heterocycles. The van der Waals surface area contributed by atoms with Crippen LogP contribution in [0.15, 0.2) is 48.8 Å². The number of halogens is 1. The zero-order valence-corrected chi connectivity index (χ0v) is 13.7. The van der Waals surface area contributed by atoms with E-state index in [2.05, 4.69) is 20.6 Å². The van der Waals surface area contributed by atoms with Crippen molar-refractivity contribution in [3.63, 3.8) is 0 Å². The lowest BCUT2D eigenvalue weighted by Gasteiger charge is -2.08. The molecule has 4 rings (SSSR count). The first-order valence-corrected chi connectivity index (χ1v) is 7.99. The first kappa shape index (κ1) is 15.3. The molecule has 0 amide bonds. The number of fused-ring (bicyclic) bond motifs is 3. The summed E-state index contributed by atoms with van der Waals surface area (Å²) >= 11 is 0. The number of anilines is 3. The Labute approximate surface area is 143 Å². The fourth-order valence-electron chi connectivity index (χ4n) is 2.89. The molecule has 0 fully saturated rings. The predicted octanol–water partition coefficient (Wildman–Crippen LogP) is 3.64. The maximum absolute atomic E-state index is 12.3. The minimum absolute atomic E-state index is 0.241. The second-order valence-corrected chi connectivity index (χ2v) is 5.67. The third-order valence-electron chi connectivity index (χ3n) is 4.05. The van der Waals surface area contributed by atoms with Crippen LogP contribution in [-0.2, 0) is 7.05 Å². The summed E-state index contributed by atoms with van der Waals surface area (Å²) in [7, 11) is 1.99. The van der Waals surface area contributed by atoms with E-state index >= 15 is 0 Å². The summed E-state index contributed by atoms with van der Waals surface area (Å²) in [6, 6.07) is 11.4. The van der Waals surface area contributed by atoms with Gasteiger partial charge in [-0.1, -0.05) is 6.07 Å². The number of nitrogens with zero attached hydrogens (tertiary/aromatic N) is 4. The summed E-state index contributed by atoms with van der Waals surface area (Å²) in [6.07, 6.45) is 3.63. The highest BCUT2D eigenvalue weighted by molar-refractivity contribution is 6.06. The third kappa shape index (κ3) is 2.84. The molecular formula is C18H17FN6. The van der Waals surface area contributed by atoms with Crippen molar-refractivity contribution in [2.75, 3.05) is 23.9 Å². The zero-order valence-electron chi connectivity index (χ0n) is 13.7. The van der Waals surface area contributed by atoms with Crippen molar-refractivity contribution >= 4 is 39.4 Å². The average Bonchev–Trinajstić information content (AvgIpc) is 2.93. The molecule has 0 bridgehead atoms. The van der Waals surface area contributed by atoms with E-state index in [0.717, 1.165) is 21.9 Å². The molecule has 126 valence electrons. The van der Waals surface area contributed by atoms with E-state index in [4.69, 9.17) is 4.98 Å². The molecule has 0 spiro atoms.